The van der Waals surface area contributed by atoms with Crippen molar-refractivity contribution in [2.45, 2.75) is 6.92 Å². The molecule has 6 nitrogen and oxygen atoms in total. The molecule has 1 N–H and O–H groups in total. The zero-order valence-corrected chi connectivity index (χ0v) is 14.5. The van der Waals surface area contributed by atoms with Gasteiger partial charge in [-0.15, -0.1) is 5.10 Å². The molecule has 4 aromatic rings. The van der Waals surface area contributed by atoms with E-state index in [9.17, 15) is 18.0 Å². The molecule has 0 amide bonds. The largest absolute Gasteiger partial charge is 0.461 e. The number of nitrogens with one attached hydrogen (secondary N) is 1. The van der Waals surface area contributed by atoms with Gasteiger partial charge in [0.15, 0.2) is 5.69 Å². The van der Waals surface area contributed by atoms with Crippen LogP contribution in [0.15, 0.2) is 42.6 Å². The molecule has 142 valence electrons. The Hall–Kier alpha value is -3.62. The lowest BCUT2D eigenvalue weighted by Gasteiger charge is -2.05. The SMILES string of the molecule is CCOC(=O)c1cn(-c2c(-c3ccc(F)cc3)[nH]c3c(F)cc(F)cc23)nn1. The third kappa shape index (κ3) is 3.00. The normalized spacial score (nSPS) is 11.1. The third-order valence-electron chi connectivity index (χ3n) is 4.14. The number of hydrogen-bond acceptors (Lipinski definition) is 4. The van der Waals surface area contributed by atoms with Crippen molar-refractivity contribution in [1.82, 2.24) is 20.0 Å². The highest BCUT2D eigenvalue weighted by molar-refractivity contribution is 5.97. The van der Waals surface area contributed by atoms with Gasteiger partial charge in [-0.3, -0.25) is 0 Å². The third-order valence-corrected chi connectivity index (χ3v) is 4.14. The number of hydrogen-bond donors (Lipinski definition) is 1. The molecule has 0 aliphatic rings. The van der Waals surface area contributed by atoms with E-state index in [0.717, 1.165) is 12.1 Å². The molecule has 28 heavy (non-hydrogen) atoms. The van der Waals surface area contributed by atoms with Gasteiger partial charge in [-0.05, 0) is 37.3 Å². The van der Waals surface area contributed by atoms with E-state index in [1.807, 2.05) is 0 Å². The first-order valence-corrected chi connectivity index (χ1v) is 8.34. The van der Waals surface area contributed by atoms with Gasteiger partial charge in [0.05, 0.1) is 29.7 Å². The molecule has 0 aliphatic carbocycles. The molecular formula is C19H13F3N4O2. The van der Waals surface area contributed by atoms with Crippen molar-refractivity contribution < 1.29 is 22.7 Å². The van der Waals surface area contributed by atoms with E-state index >= 15 is 0 Å². The van der Waals surface area contributed by atoms with E-state index in [0.29, 0.717) is 11.3 Å². The number of ether oxygens (including phenoxy) is 1. The first kappa shape index (κ1) is 17.8. The average Bonchev–Trinajstić information content (AvgIpc) is 3.27. The Kier molecular flexibility index (Phi) is 4.34. The predicted molar refractivity (Wildman–Crippen MR) is 94.5 cm³/mol. The highest BCUT2D eigenvalue weighted by Crippen LogP contribution is 2.35. The maximum Gasteiger partial charge on any atom is 0.360 e. The van der Waals surface area contributed by atoms with Crippen LogP contribution in [-0.4, -0.2) is 32.6 Å². The lowest BCUT2D eigenvalue weighted by molar-refractivity contribution is 0.0519. The molecule has 2 heterocycles. The number of esters is 1. The van der Waals surface area contributed by atoms with Crippen LogP contribution in [0.1, 0.15) is 17.4 Å². The Morgan fingerprint density at radius 1 is 1.14 bits per heavy atom. The van der Waals surface area contributed by atoms with Gasteiger partial charge in [0, 0.05) is 17.0 Å². The molecule has 0 saturated heterocycles. The van der Waals surface area contributed by atoms with Crippen LogP contribution in [-0.2, 0) is 4.74 Å². The second-order valence-electron chi connectivity index (χ2n) is 5.93. The van der Waals surface area contributed by atoms with Gasteiger partial charge in [-0.25, -0.2) is 22.6 Å². The van der Waals surface area contributed by atoms with E-state index in [1.165, 1.54) is 35.1 Å². The van der Waals surface area contributed by atoms with Gasteiger partial charge in [-0.2, -0.15) is 0 Å². The summed E-state index contributed by atoms with van der Waals surface area (Å²) in [5.41, 5.74) is 1.13. The second kappa shape index (κ2) is 6.84. The van der Waals surface area contributed by atoms with Crippen molar-refractivity contribution in [3.05, 3.63) is 65.7 Å². The summed E-state index contributed by atoms with van der Waals surface area (Å²) in [7, 11) is 0. The molecule has 0 saturated carbocycles. The fourth-order valence-electron chi connectivity index (χ4n) is 2.94. The maximum atomic E-state index is 14.3. The lowest BCUT2D eigenvalue weighted by Crippen LogP contribution is -2.04. The Labute approximate surface area is 156 Å². The van der Waals surface area contributed by atoms with Crippen LogP contribution in [0.5, 0.6) is 0 Å². The van der Waals surface area contributed by atoms with Gasteiger partial charge in [0.1, 0.15) is 17.5 Å². The Balaban J connectivity index is 1.96. The molecule has 0 unspecified atom stereocenters. The van der Waals surface area contributed by atoms with Gasteiger partial charge in [0.2, 0.25) is 0 Å². The Morgan fingerprint density at radius 2 is 1.89 bits per heavy atom. The van der Waals surface area contributed by atoms with E-state index < -0.39 is 23.4 Å². The van der Waals surface area contributed by atoms with E-state index in [-0.39, 0.29) is 28.9 Å². The summed E-state index contributed by atoms with van der Waals surface area (Å²) >= 11 is 0. The minimum Gasteiger partial charge on any atom is -0.461 e. The van der Waals surface area contributed by atoms with Crippen molar-refractivity contribution in [2.75, 3.05) is 6.61 Å². The van der Waals surface area contributed by atoms with Gasteiger partial charge in [-0.1, -0.05) is 5.21 Å². The Morgan fingerprint density at radius 3 is 2.61 bits per heavy atom. The van der Waals surface area contributed by atoms with Crippen LogP contribution in [0.25, 0.3) is 27.8 Å². The van der Waals surface area contributed by atoms with Gasteiger partial charge in [0.25, 0.3) is 0 Å². The number of H-pyrrole nitrogens is 1. The quantitative estimate of drug-likeness (QED) is 0.538. The number of aromatic amines is 1. The zero-order valence-electron chi connectivity index (χ0n) is 14.5. The Bertz CT molecular complexity index is 1180. The summed E-state index contributed by atoms with van der Waals surface area (Å²) < 4.78 is 47.6. The van der Waals surface area contributed by atoms with E-state index in [2.05, 4.69) is 15.3 Å². The number of fused-ring (bicyclic) bond motifs is 1. The molecule has 0 bridgehead atoms. The highest BCUT2D eigenvalue weighted by Gasteiger charge is 2.21. The number of carbonyl (C=O) groups is 1. The van der Waals surface area contributed by atoms with Crippen molar-refractivity contribution in [3.63, 3.8) is 0 Å². The number of halogens is 3. The minimum atomic E-state index is -0.796. The zero-order chi connectivity index (χ0) is 19.8. The van der Waals surface area contributed by atoms with Crippen molar-refractivity contribution in [3.8, 4) is 16.9 Å². The molecule has 0 aliphatic heterocycles. The average molecular weight is 386 g/mol. The van der Waals surface area contributed by atoms with Gasteiger partial charge >= 0.3 is 5.97 Å². The standard InChI is InChI=1S/C19H13F3N4O2/c1-2-28-19(27)15-9-26(25-24-15)18-13-7-12(21)8-14(22)17(13)23-16(18)10-3-5-11(20)6-4-10/h3-9,23H,2H2,1H3. The van der Waals surface area contributed by atoms with E-state index in [4.69, 9.17) is 4.74 Å². The van der Waals surface area contributed by atoms with Crippen molar-refractivity contribution in [1.29, 1.82) is 0 Å². The van der Waals surface area contributed by atoms with Crippen molar-refractivity contribution >= 4 is 16.9 Å². The molecule has 9 heteroatoms. The molecule has 0 fully saturated rings. The fourth-order valence-corrected chi connectivity index (χ4v) is 2.94. The summed E-state index contributed by atoms with van der Waals surface area (Å²) in [6.07, 6.45) is 1.30. The number of aromatic nitrogens is 4. The van der Waals surface area contributed by atoms with E-state index in [1.54, 1.807) is 6.92 Å². The molecule has 0 atom stereocenters. The molecule has 2 aromatic carbocycles. The highest BCUT2D eigenvalue weighted by atomic mass is 19.1. The number of rotatable bonds is 4. The van der Waals surface area contributed by atoms with Crippen LogP contribution >= 0.6 is 0 Å². The minimum absolute atomic E-state index is 0.0453. The summed E-state index contributed by atoms with van der Waals surface area (Å²) in [6.45, 7) is 1.82. The monoisotopic (exact) mass is 386 g/mol. The van der Waals surface area contributed by atoms with Crippen LogP contribution in [0.3, 0.4) is 0 Å². The first-order chi connectivity index (χ1) is 13.5. The summed E-state index contributed by atoms with van der Waals surface area (Å²) in [4.78, 5) is 14.8. The molecular weight excluding hydrogens is 373 g/mol. The smallest absolute Gasteiger partial charge is 0.360 e. The van der Waals surface area contributed by atoms with Crippen LogP contribution < -0.4 is 0 Å². The topological polar surface area (TPSA) is 72.8 Å². The summed E-state index contributed by atoms with van der Waals surface area (Å²) in [5, 5.41) is 7.86. The lowest BCUT2D eigenvalue weighted by atomic mass is 10.1. The van der Waals surface area contributed by atoms with Gasteiger partial charge < -0.3 is 9.72 Å². The molecule has 4 rings (SSSR count). The maximum absolute atomic E-state index is 14.3. The summed E-state index contributed by atoms with van der Waals surface area (Å²) in [6, 6.07) is 7.35. The van der Waals surface area contributed by atoms with Crippen LogP contribution in [0.2, 0.25) is 0 Å². The number of carbonyl (C=O) groups excluding carboxylic acids is 1. The molecule has 0 radical (unpaired) electrons. The van der Waals surface area contributed by atoms with Crippen LogP contribution in [0, 0.1) is 17.5 Å². The predicted octanol–water partition coefficient (Wildman–Crippen LogP) is 4.01. The fraction of sp³-hybridized carbons (Fsp3) is 0.105. The second-order valence-corrected chi connectivity index (χ2v) is 5.93. The number of benzene rings is 2. The van der Waals surface area contributed by atoms with Crippen LogP contribution in [0.4, 0.5) is 13.2 Å². The first-order valence-electron chi connectivity index (χ1n) is 8.34. The van der Waals surface area contributed by atoms with Crippen molar-refractivity contribution in [2.24, 2.45) is 0 Å². The summed E-state index contributed by atoms with van der Waals surface area (Å²) in [5.74, 6) is -2.68. The molecule has 2 aromatic heterocycles. The molecule has 0 spiro atoms. The number of nitrogens with zero attached hydrogens (tertiary/aromatic N) is 3.